The van der Waals surface area contributed by atoms with Gasteiger partial charge in [-0.25, -0.2) is 9.97 Å². The quantitative estimate of drug-likeness (QED) is 0.757. The van der Waals surface area contributed by atoms with Gasteiger partial charge >= 0.3 is 0 Å². The van der Waals surface area contributed by atoms with E-state index in [0.29, 0.717) is 28.1 Å². The van der Waals surface area contributed by atoms with Crippen molar-refractivity contribution in [1.82, 2.24) is 14.4 Å². The first kappa shape index (κ1) is 16.2. The zero-order chi connectivity index (χ0) is 16.7. The Labute approximate surface area is 143 Å². The van der Waals surface area contributed by atoms with Crippen LogP contribution in [0.4, 0.5) is 0 Å². The molecule has 0 radical (unpaired) electrons. The Morgan fingerprint density at radius 3 is 2.65 bits per heavy atom. The van der Waals surface area contributed by atoms with Crippen molar-refractivity contribution in [2.45, 2.75) is 26.5 Å². The molecule has 1 atom stereocenters. The Morgan fingerprint density at radius 2 is 2.04 bits per heavy atom. The van der Waals surface area contributed by atoms with Gasteiger partial charge in [0.15, 0.2) is 0 Å². The molecule has 0 saturated carbocycles. The van der Waals surface area contributed by atoms with Crippen LogP contribution in [-0.4, -0.2) is 19.5 Å². The largest absolute Gasteiger partial charge is 0.387 e. The molecule has 3 N–H and O–H groups in total. The van der Waals surface area contributed by atoms with Crippen molar-refractivity contribution < 1.29 is 5.11 Å². The maximum atomic E-state index is 9.80. The Balaban J connectivity index is 2.40. The molecule has 0 aliphatic carbocycles. The highest BCUT2D eigenvalue weighted by Crippen LogP contribution is 2.34. The van der Waals surface area contributed by atoms with Gasteiger partial charge in [-0.1, -0.05) is 23.2 Å². The van der Waals surface area contributed by atoms with Crippen molar-refractivity contribution in [2.75, 3.05) is 0 Å². The van der Waals surface area contributed by atoms with Crippen LogP contribution in [0.1, 0.15) is 30.0 Å². The smallest absolute Gasteiger partial charge is 0.234 e. The van der Waals surface area contributed by atoms with Crippen LogP contribution in [0.25, 0.3) is 17.0 Å². The average molecular weight is 351 g/mol. The van der Waals surface area contributed by atoms with E-state index in [1.54, 1.807) is 25.3 Å². The van der Waals surface area contributed by atoms with Crippen LogP contribution in [0.3, 0.4) is 0 Å². The summed E-state index contributed by atoms with van der Waals surface area (Å²) in [6.45, 7) is 3.85. The fraction of sp³-hybridized carbons (Fsp3) is 0.250. The zero-order valence-corrected chi connectivity index (χ0v) is 14.2. The molecular formula is C16H16Cl2N4O. The van der Waals surface area contributed by atoms with Crippen LogP contribution in [0.2, 0.25) is 10.0 Å². The second-order valence-electron chi connectivity index (χ2n) is 5.36. The summed E-state index contributed by atoms with van der Waals surface area (Å²) in [6.07, 6.45) is 1.07. The Morgan fingerprint density at radius 1 is 1.30 bits per heavy atom. The number of aliphatic hydroxyl groups is 1. The highest BCUT2D eigenvalue weighted by molar-refractivity contribution is 6.36. The number of hydrogen-bond acceptors (Lipinski definition) is 4. The standard InChI is InChI=1S/C16H16Cl2N4O/c1-8-12(6-19)15(11-4-3-10(17)5-13(11)18)22-7-14(9(2)23)21-16(22)20-8/h3-5,7,9,23H,6,19H2,1-2H3. The van der Waals surface area contributed by atoms with Gasteiger partial charge in [-0.05, 0) is 32.0 Å². The molecule has 7 heteroatoms. The van der Waals surface area contributed by atoms with Crippen molar-refractivity contribution in [3.05, 3.63) is 51.4 Å². The first-order chi connectivity index (χ1) is 10.9. The molecule has 0 aliphatic heterocycles. The first-order valence-corrected chi connectivity index (χ1v) is 7.90. The van der Waals surface area contributed by atoms with E-state index in [4.69, 9.17) is 28.9 Å². The lowest BCUT2D eigenvalue weighted by Gasteiger charge is -2.14. The van der Waals surface area contributed by atoms with Gasteiger partial charge in [0.25, 0.3) is 0 Å². The van der Waals surface area contributed by atoms with Crippen molar-refractivity contribution in [2.24, 2.45) is 5.73 Å². The summed E-state index contributed by atoms with van der Waals surface area (Å²) in [5.74, 6) is 0.497. The lowest BCUT2D eigenvalue weighted by atomic mass is 10.0. The SMILES string of the molecule is Cc1nc2nc(C(C)O)cn2c(-c2ccc(Cl)cc2Cl)c1CN. The van der Waals surface area contributed by atoms with Crippen molar-refractivity contribution in [3.8, 4) is 11.3 Å². The van der Waals surface area contributed by atoms with Gasteiger partial charge in [0.1, 0.15) is 0 Å². The molecule has 23 heavy (non-hydrogen) atoms. The molecule has 3 rings (SSSR count). The van der Waals surface area contributed by atoms with E-state index >= 15 is 0 Å². The number of nitrogens with zero attached hydrogens (tertiary/aromatic N) is 3. The molecule has 0 saturated heterocycles. The molecular weight excluding hydrogens is 335 g/mol. The molecule has 2 heterocycles. The Hall–Kier alpha value is -1.66. The summed E-state index contributed by atoms with van der Waals surface area (Å²) in [4.78, 5) is 8.85. The number of benzene rings is 1. The summed E-state index contributed by atoms with van der Waals surface area (Å²) in [7, 11) is 0. The number of halogens is 2. The van der Waals surface area contributed by atoms with Gasteiger partial charge in [-0.2, -0.15) is 0 Å². The number of rotatable bonds is 3. The van der Waals surface area contributed by atoms with Gasteiger partial charge < -0.3 is 10.8 Å². The van der Waals surface area contributed by atoms with E-state index in [9.17, 15) is 5.11 Å². The third-order valence-corrected chi connectivity index (χ3v) is 4.30. The highest BCUT2D eigenvalue weighted by Gasteiger charge is 2.19. The van der Waals surface area contributed by atoms with E-state index in [1.165, 1.54) is 0 Å². The minimum atomic E-state index is -0.688. The van der Waals surface area contributed by atoms with Crippen LogP contribution < -0.4 is 5.73 Å². The van der Waals surface area contributed by atoms with Crippen LogP contribution >= 0.6 is 23.2 Å². The average Bonchev–Trinajstić information content (AvgIpc) is 2.90. The predicted octanol–water partition coefficient (Wildman–Crippen LogP) is 3.52. The molecule has 2 aromatic heterocycles. The molecule has 5 nitrogen and oxygen atoms in total. The normalized spacial score (nSPS) is 12.8. The summed E-state index contributed by atoms with van der Waals surface area (Å²) in [6, 6.07) is 5.31. The molecule has 0 fully saturated rings. The number of aromatic nitrogens is 3. The third kappa shape index (κ3) is 2.81. The molecule has 0 aliphatic rings. The van der Waals surface area contributed by atoms with E-state index in [2.05, 4.69) is 9.97 Å². The van der Waals surface area contributed by atoms with Gasteiger partial charge in [-0.3, -0.25) is 4.40 Å². The summed E-state index contributed by atoms with van der Waals surface area (Å²) in [5.41, 5.74) is 9.74. The number of imidazole rings is 1. The number of nitrogens with two attached hydrogens (primary N) is 1. The molecule has 1 aromatic carbocycles. The van der Waals surface area contributed by atoms with Crippen molar-refractivity contribution in [3.63, 3.8) is 0 Å². The Bertz CT molecular complexity index is 889. The van der Waals surface area contributed by atoms with Crippen molar-refractivity contribution in [1.29, 1.82) is 0 Å². The van der Waals surface area contributed by atoms with Gasteiger partial charge in [-0.15, -0.1) is 0 Å². The molecule has 1 unspecified atom stereocenters. The lowest BCUT2D eigenvalue weighted by molar-refractivity contribution is 0.195. The summed E-state index contributed by atoms with van der Waals surface area (Å²) in [5, 5.41) is 10.9. The molecule has 0 bridgehead atoms. The fourth-order valence-electron chi connectivity index (χ4n) is 2.59. The first-order valence-electron chi connectivity index (χ1n) is 7.14. The van der Waals surface area contributed by atoms with Gasteiger partial charge in [0.2, 0.25) is 5.78 Å². The molecule has 3 aromatic rings. The second kappa shape index (κ2) is 6.09. The van der Waals surface area contributed by atoms with Crippen molar-refractivity contribution >= 4 is 29.0 Å². The minimum Gasteiger partial charge on any atom is -0.387 e. The highest BCUT2D eigenvalue weighted by atomic mass is 35.5. The minimum absolute atomic E-state index is 0.311. The van der Waals surface area contributed by atoms with E-state index in [1.807, 2.05) is 17.4 Å². The molecule has 0 spiro atoms. The predicted molar refractivity (Wildman–Crippen MR) is 91.7 cm³/mol. The zero-order valence-electron chi connectivity index (χ0n) is 12.7. The molecule has 120 valence electrons. The third-order valence-electron chi connectivity index (χ3n) is 3.76. The van der Waals surface area contributed by atoms with Gasteiger partial charge in [0.05, 0.1) is 22.5 Å². The Kier molecular flexibility index (Phi) is 4.29. The van der Waals surface area contributed by atoms with Crippen LogP contribution in [0, 0.1) is 6.92 Å². The van der Waals surface area contributed by atoms with Crippen LogP contribution in [0.15, 0.2) is 24.4 Å². The van der Waals surface area contributed by atoms with Gasteiger partial charge in [0, 0.05) is 34.6 Å². The fourth-order valence-corrected chi connectivity index (χ4v) is 3.08. The maximum Gasteiger partial charge on any atom is 0.234 e. The monoisotopic (exact) mass is 350 g/mol. The number of aliphatic hydroxyl groups excluding tert-OH is 1. The lowest BCUT2D eigenvalue weighted by Crippen LogP contribution is -2.08. The van der Waals surface area contributed by atoms with Crippen LogP contribution in [-0.2, 0) is 6.54 Å². The number of hydrogen-bond donors (Lipinski definition) is 2. The van der Waals surface area contributed by atoms with E-state index in [-0.39, 0.29) is 0 Å². The second-order valence-corrected chi connectivity index (χ2v) is 6.21. The maximum absolute atomic E-state index is 9.80. The number of fused-ring (bicyclic) bond motifs is 1. The van der Waals surface area contributed by atoms with E-state index in [0.717, 1.165) is 22.5 Å². The molecule has 0 amide bonds. The number of aryl methyl sites for hydroxylation is 1. The summed E-state index contributed by atoms with van der Waals surface area (Å²) >= 11 is 12.4. The topological polar surface area (TPSA) is 76.4 Å². The van der Waals surface area contributed by atoms with Crippen LogP contribution in [0.5, 0.6) is 0 Å². The van der Waals surface area contributed by atoms with E-state index < -0.39 is 6.10 Å². The summed E-state index contributed by atoms with van der Waals surface area (Å²) < 4.78 is 1.81.